The van der Waals surface area contributed by atoms with Crippen molar-refractivity contribution < 1.29 is 0 Å². The molecule has 1 saturated carbocycles. The molecule has 5 rings (SSSR count). The van der Waals surface area contributed by atoms with Crippen LogP contribution in [0, 0.1) is 28.1 Å². The summed E-state index contributed by atoms with van der Waals surface area (Å²) in [5.41, 5.74) is 9.34. The normalized spacial score (nSPS) is 16.7. The van der Waals surface area contributed by atoms with E-state index in [1.54, 1.807) is 18.2 Å². The molecule has 2 radical (unpaired) electrons. The van der Waals surface area contributed by atoms with Gasteiger partial charge in [-0.15, -0.1) is 5.53 Å². The quantitative estimate of drug-likeness (QED) is 0.326. The summed E-state index contributed by atoms with van der Waals surface area (Å²) < 4.78 is 0. The van der Waals surface area contributed by atoms with Gasteiger partial charge in [0.15, 0.2) is 0 Å². The highest BCUT2D eigenvalue weighted by molar-refractivity contribution is 6.36. The number of aromatic nitrogens is 1. The van der Waals surface area contributed by atoms with E-state index in [1.807, 2.05) is 29.4 Å². The monoisotopic (exact) mass is 522 g/mol. The number of fused-ring (bicyclic) bond motifs is 1. The zero-order valence-corrected chi connectivity index (χ0v) is 22.3. The number of rotatable bonds is 7. The third kappa shape index (κ3) is 5.08. The van der Waals surface area contributed by atoms with Crippen LogP contribution in [0.15, 0.2) is 54.5 Å². The lowest BCUT2D eigenvalue weighted by atomic mass is 9.69. The number of nitrogens with one attached hydrogen (secondary N) is 4. The van der Waals surface area contributed by atoms with Crippen molar-refractivity contribution in [3.8, 4) is 12.1 Å². The molecule has 10 heteroatoms. The molecule has 1 unspecified atom stereocenters. The van der Waals surface area contributed by atoms with Crippen molar-refractivity contribution in [2.24, 2.45) is 5.41 Å². The maximum absolute atomic E-state index is 9.80. The lowest BCUT2D eigenvalue weighted by Crippen LogP contribution is -2.45. The fraction of sp³-hybridized carbons (Fsp3) is 0.321. The second-order valence-electron chi connectivity index (χ2n) is 11.0. The second-order valence-corrected chi connectivity index (χ2v) is 11.4. The fourth-order valence-corrected chi connectivity index (χ4v) is 4.66. The minimum Gasteiger partial charge on any atom is -0.383 e. The molecular weight excluding hydrogens is 495 g/mol. The largest absolute Gasteiger partial charge is 0.383 e. The van der Waals surface area contributed by atoms with Crippen LogP contribution in [-0.2, 0) is 5.44 Å². The topological polar surface area (TPSA) is 112 Å². The van der Waals surface area contributed by atoms with E-state index >= 15 is 0 Å². The van der Waals surface area contributed by atoms with Gasteiger partial charge in [-0.2, -0.15) is 10.5 Å². The van der Waals surface area contributed by atoms with Crippen LogP contribution in [-0.4, -0.2) is 30.4 Å². The summed E-state index contributed by atoms with van der Waals surface area (Å²) >= 11 is 6.73. The van der Waals surface area contributed by atoms with Crippen LogP contribution in [0.25, 0.3) is 10.9 Å². The van der Waals surface area contributed by atoms with Crippen molar-refractivity contribution in [2.45, 2.75) is 45.1 Å². The number of halogens is 1. The molecule has 1 aliphatic carbocycles. The summed E-state index contributed by atoms with van der Waals surface area (Å²) in [5, 5.41) is 29.4. The first-order chi connectivity index (χ1) is 18.1. The molecule has 0 saturated heterocycles. The molecular formula is C28H28BClN8. The first-order valence-corrected chi connectivity index (χ1v) is 12.9. The van der Waals surface area contributed by atoms with Gasteiger partial charge in [0.25, 0.3) is 0 Å². The molecule has 2 heterocycles. The summed E-state index contributed by atoms with van der Waals surface area (Å²) in [6, 6.07) is 15.7. The van der Waals surface area contributed by atoms with Crippen molar-refractivity contribution in [1.29, 1.82) is 10.5 Å². The van der Waals surface area contributed by atoms with E-state index in [1.165, 1.54) is 6.20 Å². The molecule has 0 spiro atoms. The lowest BCUT2D eigenvalue weighted by molar-refractivity contribution is 0.260. The Kier molecular flexibility index (Phi) is 6.60. The smallest absolute Gasteiger partial charge is 0.119 e. The standard InChI is InChI=1S/C28H28BClN8/c1-27(2,3)16-34-25-18(13-32)14-33-26-22(25)10-20(11-23(26)30)35-28(29,19-6-4-5-17(9-19)12-31)24-15-38(37-36-24)21-7-8-21/h4-6,9-11,14-15,21,35-37H,7-8,16H2,1-3H3,(H,33,34). The minimum atomic E-state index is -1.24. The Morgan fingerprint density at radius 2 is 1.97 bits per heavy atom. The SMILES string of the molecule is [B]C(Nc1cc(Cl)c2ncc(C#N)c(NCC(C)(C)C)c2c1)(C1=CN(C2CC2)NN1)c1cccc(C#N)c1. The summed E-state index contributed by atoms with van der Waals surface area (Å²) in [5.74, 6) is 0. The Bertz CT molecular complexity index is 1510. The zero-order valence-electron chi connectivity index (χ0n) is 21.6. The Morgan fingerprint density at radius 3 is 2.66 bits per heavy atom. The number of nitriles is 2. The zero-order chi connectivity index (χ0) is 27.1. The van der Waals surface area contributed by atoms with Crippen molar-refractivity contribution in [2.75, 3.05) is 17.2 Å². The average molecular weight is 523 g/mol. The van der Waals surface area contributed by atoms with Crippen LogP contribution >= 0.6 is 11.6 Å². The molecule has 4 N–H and O–H groups in total. The van der Waals surface area contributed by atoms with E-state index in [0.29, 0.717) is 62.3 Å². The summed E-state index contributed by atoms with van der Waals surface area (Å²) in [4.78, 5) is 4.46. The van der Waals surface area contributed by atoms with Crippen LogP contribution in [0.4, 0.5) is 11.4 Å². The highest BCUT2D eigenvalue weighted by Crippen LogP contribution is 2.38. The van der Waals surface area contributed by atoms with Crippen LogP contribution in [0.3, 0.4) is 0 Å². The van der Waals surface area contributed by atoms with E-state index < -0.39 is 5.44 Å². The number of pyridine rings is 1. The molecule has 0 amide bonds. The van der Waals surface area contributed by atoms with Crippen molar-refractivity contribution >= 4 is 41.7 Å². The Labute approximate surface area is 229 Å². The van der Waals surface area contributed by atoms with E-state index in [0.717, 1.165) is 12.8 Å². The summed E-state index contributed by atoms with van der Waals surface area (Å²) in [6.45, 7) is 7.01. The Hall–Kier alpha value is -3.92. The number of hydrogen-bond donors (Lipinski definition) is 4. The van der Waals surface area contributed by atoms with Gasteiger partial charge >= 0.3 is 0 Å². The van der Waals surface area contributed by atoms with Gasteiger partial charge in [-0.1, -0.05) is 44.5 Å². The molecule has 1 fully saturated rings. The van der Waals surface area contributed by atoms with Gasteiger partial charge in [0.1, 0.15) is 13.9 Å². The van der Waals surface area contributed by atoms with Crippen LogP contribution in [0.2, 0.25) is 5.02 Å². The lowest BCUT2D eigenvalue weighted by Gasteiger charge is -2.34. The molecule has 38 heavy (non-hydrogen) atoms. The predicted molar refractivity (Wildman–Crippen MR) is 151 cm³/mol. The van der Waals surface area contributed by atoms with Crippen LogP contribution in [0.1, 0.15) is 50.3 Å². The Morgan fingerprint density at radius 1 is 1.18 bits per heavy atom. The van der Waals surface area contributed by atoms with E-state index in [2.05, 4.69) is 59.5 Å². The molecule has 2 aliphatic rings. The van der Waals surface area contributed by atoms with Gasteiger partial charge in [0.2, 0.25) is 0 Å². The second kappa shape index (κ2) is 9.76. The third-order valence-corrected chi connectivity index (χ3v) is 6.87. The first kappa shape index (κ1) is 25.7. The first-order valence-electron chi connectivity index (χ1n) is 12.5. The predicted octanol–water partition coefficient (Wildman–Crippen LogP) is 4.85. The van der Waals surface area contributed by atoms with Crippen LogP contribution in [0.5, 0.6) is 0 Å². The van der Waals surface area contributed by atoms with Crippen LogP contribution < -0.4 is 21.6 Å². The van der Waals surface area contributed by atoms with Crippen molar-refractivity contribution in [3.63, 3.8) is 0 Å². The highest BCUT2D eigenvalue weighted by atomic mass is 35.5. The van der Waals surface area contributed by atoms with Crippen molar-refractivity contribution in [3.05, 3.63) is 76.2 Å². The van der Waals surface area contributed by atoms with E-state index in [9.17, 15) is 10.5 Å². The highest BCUT2D eigenvalue weighted by Gasteiger charge is 2.38. The molecule has 1 aliphatic heterocycles. The summed E-state index contributed by atoms with van der Waals surface area (Å²) in [7, 11) is 7.12. The molecule has 190 valence electrons. The third-order valence-electron chi connectivity index (χ3n) is 6.58. The van der Waals surface area contributed by atoms with Gasteiger partial charge in [0.05, 0.1) is 44.6 Å². The maximum Gasteiger partial charge on any atom is 0.119 e. The van der Waals surface area contributed by atoms with Gasteiger partial charge in [-0.3, -0.25) is 9.99 Å². The van der Waals surface area contributed by atoms with Gasteiger partial charge in [-0.05, 0) is 48.1 Å². The van der Waals surface area contributed by atoms with Gasteiger partial charge < -0.3 is 16.1 Å². The van der Waals surface area contributed by atoms with E-state index in [4.69, 9.17) is 19.4 Å². The minimum absolute atomic E-state index is 0.0127. The molecule has 1 atom stereocenters. The summed E-state index contributed by atoms with van der Waals surface area (Å²) in [6.07, 6.45) is 5.70. The molecule has 1 aromatic heterocycles. The number of benzene rings is 2. The number of hydrazine groups is 2. The molecule has 2 aromatic carbocycles. The Balaban J connectivity index is 1.61. The van der Waals surface area contributed by atoms with E-state index in [-0.39, 0.29) is 5.41 Å². The molecule has 3 aromatic rings. The van der Waals surface area contributed by atoms with Crippen molar-refractivity contribution in [1.82, 2.24) is 21.0 Å². The number of hydrogen-bond acceptors (Lipinski definition) is 8. The van der Waals surface area contributed by atoms with Gasteiger partial charge in [0, 0.05) is 36.1 Å². The van der Waals surface area contributed by atoms with Gasteiger partial charge in [-0.25, -0.2) is 0 Å². The molecule has 0 bridgehead atoms. The number of nitrogens with zero attached hydrogens (tertiary/aromatic N) is 4. The fourth-order valence-electron chi connectivity index (χ4n) is 4.40. The number of anilines is 2. The maximum atomic E-state index is 9.80. The average Bonchev–Trinajstić information content (AvgIpc) is 3.62. The molecule has 8 nitrogen and oxygen atoms in total.